The number of aliphatic hydroxyl groups excluding tert-OH is 1. The largest absolute Gasteiger partial charge is 0.491 e. The Hall–Kier alpha value is -3.59. The molecule has 0 aliphatic carbocycles. The van der Waals surface area contributed by atoms with Crippen molar-refractivity contribution in [1.29, 1.82) is 5.26 Å². The molecule has 0 saturated carbocycles. The molecule has 2 atom stereocenters. The number of nitrogens with two attached hydrogens (primary N) is 1. The topological polar surface area (TPSA) is 85.7 Å². The number of nitrogens with one attached hydrogen (secondary N) is 1. The average Bonchev–Trinajstić information content (AvgIpc) is 3.25. The molecule has 3 aromatic carbocycles. The first-order chi connectivity index (χ1) is 15.2. The molecule has 0 aliphatic heterocycles. The van der Waals surface area contributed by atoms with Crippen molar-refractivity contribution in [3.8, 4) is 11.8 Å². The second-order valence-electron chi connectivity index (χ2n) is 7.61. The molecular weight excluding hydrogens is 386 g/mol. The van der Waals surface area contributed by atoms with Crippen LogP contribution in [0.1, 0.15) is 22.6 Å². The lowest BCUT2D eigenvalue weighted by atomic mass is 9.91. The molecule has 4 rings (SSSR count). The minimum Gasteiger partial charge on any atom is -0.491 e. The normalized spacial score (nSPS) is 12.9. The molecule has 4 aromatic rings. The van der Waals surface area contributed by atoms with Crippen LogP contribution in [0.3, 0.4) is 0 Å². The molecule has 0 fully saturated rings. The van der Waals surface area contributed by atoms with Crippen molar-refractivity contribution in [2.75, 3.05) is 19.7 Å². The number of aliphatic hydroxyl groups is 1. The first-order valence-corrected chi connectivity index (χ1v) is 10.5. The zero-order valence-corrected chi connectivity index (χ0v) is 17.2. The number of rotatable bonds is 9. The molecule has 0 saturated heterocycles. The van der Waals surface area contributed by atoms with Crippen molar-refractivity contribution in [2.24, 2.45) is 0 Å². The van der Waals surface area contributed by atoms with Crippen LogP contribution in [-0.2, 0) is 0 Å². The van der Waals surface area contributed by atoms with Crippen molar-refractivity contribution in [3.63, 3.8) is 0 Å². The van der Waals surface area contributed by atoms with E-state index in [1.165, 1.54) is 16.5 Å². The highest BCUT2D eigenvalue weighted by atomic mass is 16.5. The highest BCUT2D eigenvalue weighted by Gasteiger charge is 2.20. The van der Waals surface area contributed by atoms with Crippen LogP contribution >= 0.6 is 0 Å². The summed E-state index contributed by atoms with van der Waals surface area (Å²) in [7, 11) is 0. The predicted molar refractivity (Wildman–Crippen MR) is 121 cm³/mol. The molecule has 1 aromatic heterocycles. The summed E-state index contributed by atoms with van der Waals surface area (Å²) in [5.41, 5.74) is 4.24. The van der Waals surface area contributed by atoms with Crippen LogP contribution in [0.15, 0.2) is 85.1 Å². The quantitative estimate of drug-likeness (QED) is 0.395. The minimum absolute atomic E-state index is 0.212. The first kappa shape index (κ1) is 20.7. The Balaban J connectivity index is 1.38. The Labute approximate surface area is 181 Å². The zero-order valence-electron chi connectivity index (χ0n) is 17.2. The van der Waals surface area contributed by atoms with E-state index in [0.29, 0.717) is 17.9 Å². The van der Waals surface area contributed by atoms with E-state index in [4.69, 9.17) is 10.00 Å². The van der Waals surface area contributed by atoms with Crippen LogP contribution in [0.25, 0.3) is 10.9 Å². The maximum atomic E-state index is 10.4. The molecule has 4 N–H and O–H groups in total. The number of nitrogens with zero attached hydrogens (tertiary/aromatic N) is 1. The van der Waals surface area contributed by atoms with Gasteiger partial charge in [-0.25, -0.2) is 0 Å². The van der Waals surface area contributed by atoms with E-state index in [0.717, 1.165) is 12.1 Å². The first-order valence-electron chi connectivity index (χ1n) is 10.5. The van der Waals surface area contributed by atoms with Crippen LogP contribution in [0.5, 0.6) is 5.75 Å². The number of benzene rings is 3. The van der Waals surface area contributed by atoms with Gasteiger partial charge in [0.1, 0.15) is 25.0 Å². The average molecular weight is 413 g/mol. The second kappa shape index (κ2) is 9.94. The molecule has 156 valence electrons. The van der Waals surface area contributed by atoms with Gasteiger partial charge in [-0.1, -0.05) is 48.5 Å². The van der Waals surface area contributed by atoms with Crippen LogP contribution in [0, 0.1) is 11.3 Å². The number of H-pyrrole nitrogens is 1. The number of hydrogen-bond acceptors (Lipinski definition) is 3. The Kier molecular flexibility index (Phi) is 6.63. The van der Waals surface area contributed by atoms with Gasteiger partial charge in [0.05, 0.1) is 24.1 Å². The summed E-state index contributed by atoms with van der Waals surface area (Å²) in [4.78, 5) is 3.38. The fourth-order valence-electron chi connectivity index (χ4n) is 3.85. The van der Waals surface area contributed by atoms with Gasteiger partial charge in [0.25, 0.3) is 0 Å². The summed E-state index contributed by atoms with van der Waals surface area (Å²) < 4.78 is 5.65. The lowest BCUT2D eigenvalue weighted by Crippen LogP contribution is -2.87. The molecule has 1 heterocycles. The fourth-order valence-corrected chi connectivity index (χ4v) is 3.85. The number of aromatic amines is 1. The van der Waals surface area contributed by atoms with Crippen molar-refractivity contribution in [2.45, 2.75) is 12.0 Å². The van der Waals surface area contributed by atoms with E-state index in [1.54, 1.807) is 24.3 Å². The van der Waals surface area contributed by atoms with Gasteiger partial charge in [-0.3, -0.25) is 0 Å². The van der Waals surface area contributed by atoms with Gasteiger partial charge in [0, 0.05) is 17.1 Å². The number of ether oxygens (including phenoxy) is 1. The summed E-state index contributed by atoms with van der Waals surface area (Å²) in [5.74, 6) is 0.864. The molecule has 31 heavy (non-hydrogen) atoms. The van der Waals surface area contributed by atoms with Crippen molar-refractivity contribution in [1.82, 2.24) is 4.98 Å². The van der Waals surface area contributed by atoms with E-state index in [1.807, 2.05) is 12.1 Å². The highest BCUT2D eigenvalue weighted by Crippen LogP contribution is 2.29. The van der Waals surface area contributed by atoms with E-state index in [9.17, 15) is 5.11 Å². The number of quaternary nitrogens is 1. The molecule has 5 heteroatoms. The molecule has 5 nitrogen and oxygen atoms in total. The van der Waals surface area contributed by atoms with Crippen molar-refractivity contribution < 1.29 is 15.2 Å². The molecule has 0 aliphatic rings. The van der Waals surface area contributed by atoms with Crippen LogP contribution in [0.2, 0.25) is 0 Å². The van der Waals surface area contributed by atoms with E-state index in [2.05, 4.69) is 65.0 Å². The van der Waals surface area contributed by atoms with Crippen LogP contribution in [-0.4, -0.2) is 35.9 Å². The summed E-state index contributed by atoms with van der Waals surface area (Å²) >= 11 is 0. The van der Waals surface area contributed by atoms with E-state index in [-0.39, 0.29) is 12.5 Å². The lowest BCUT2D eigenvalue weighted by Gasteiger charge is -2.17. The zero-order chi connectivity index (χ0) is 21.5. The minimum atomic E-state index is -0.588. The Morgan fingerprint density at radius 3 is 2.45 bits per heavy atom. The van der Waals surface area contributed by atoms with Crippen molar-refractivity contribution in [3.05, 3.63) is 102 Å². The monoisotopic (exact) mass is 412 g/mol. The molecular formula is C26H26N3O2+. The van der Waals surface area contributed by atoms with Crippen LogP contribution < -0.4 is 10.1 Å². The Morgan fingerprint density at radius 2 is 1.68 bits per heavy atom. The number of aromatic nitrogens is 1. The maximum absolute atomic E-state index is 10.4. The van der Waals surface area contributed by atoms with Gasteiger partial charge in [-0.15, -0.1) is 0 Å². The predicted octanol–water partition coefficient (Wildman–Crippen LogP) is 3.17. The summed E-state index contributed by atoms with van der Waals surface area (Å²) in [6.45, 7) is 1.58. The third-order valence-corrected chi connectivity index (χ3v) is 5.47. The number of fused-ring (bicyclic) bond motifs is 1. The fraction of sp³-hybridized carbons (Fsp3) is 0.192. The summed E-state index contributed by atoms with van der Waals surface area (Å²) in [6.07, 6.45) is 1.51. The SMILES string of the molecule is N#Cc1ccc(OC[C@H](O)C[NH2+]C[C@H](c2ccccc2)c2c[nH]c3ccccc23)cc1. The van der Waals surface area contributed by atoms with Gasteiger partial charge >= 0.3 is 0 Å². The molecule has 0 bridgehead atoms. The van der Waals surface area contributed by atoms with E-state index >= 15 is 0 Å². The van der Waals surface area contributed by atoms with Crippen molar-refractivity contribution >= 4 is 10.9 Å². The number of hydrogen-bond donors (Lipinski definition) is 3. The molecule has 0 amide bonds. The number of nitriles is 1. The van der Waals surface area contributed by atoms with Gasteiger partial charge in [-0.2, -0.15) is 5.26 Å². The Morgan fingerprint density at radius 1 is 0.935 bits per heavy atom. The molecule has 0 spiro atoms. The molecule has 0 radical (unpaired) electrons. The van der Waals surface area contributed by atoms with Crippen LogP contribution in [0.4, 0.5) is 0 Å². The highest BCUT2D eigenvalue weighted by molar-refractivity contribution is 5.84. The van der Waals surface area contributed by atoms with Gasteiger partial charge in [-0.05, 0) is 41.5 Å². The summed E-state index contributed by atoms with van der Waals surface area (Å²) in [6, 6.07) is 27.8. The van der Waals surface area contributed by atoms with Gasteiger partial charge in [0.15, 0.2) is 0 Å². The Bertz CT molecular complexity index is 1150. The lowest BCUT2D eigenvalue weighted by molar-refractivity contribution is -0.662. The van der Waals surface area contributed by atoms with Gasteiger partial charge in [0.2, 0.25) is 0 Å². The second-order valence-corrected chi connectivity index (χ2v) is 7.61. The maximum Gasteiger partial charge on any atom is 0.137 e. The third kappa shape index (κ3) is 5.13. The van der Waals surface area contributed by atoms with Gasteiger partial charge < -0.3 is 20.1 Å². The summed E-state index contributed by atoms with van der Waals surface area (Å²) in [5, 5.41) is 22.6. The molecule has 0 unspecified atom stereocenters. The van der Waals surface area contributed by atoms with E-state index < -0.39 is 6.10 Å². The smallest absolute Gasteiger partial charge is 0.137 e. The standard InChI is InChI=1S/C26H25N3O2/c27-14-19-10-12-22(13-11-19)31-18-21(30)15-28-16-24(20-6-2-1-3-7-20)25-17-29-26-9-5-4-8-23(25)26/h1-13,17,21,24,28-30H,15-16,18H2/p+1/t21-,24-/m1/s1. The number of para-hydroxylation sites is 1. The third-order valence-electron chi connectivity index (χ3n) is 5.47.